The third kappa shape index (κ3) is 11.4. The SMILES string of the molecule is Cn1cnnc1-c1cc(F)ccc1-c1cc(C2CC2)nc(N2Cc3c(cc(CNCCOCCOCCOCCCN4CCN(c5ccc6c(c5)CN(C5CCC(=O)NC5=O)C6=O)CC4)cc3C(F)(F)F)C2=O)c1. The largest absolute Gasteiger partial charge is 0.416 e. The fraction of sp³-hybridized carbons (Fsp3) is 0.453. The Morgan fingerprint density at radius 1 is 0.784 bits per heavy atom. The molecule has 0 radical (unpaired) electrons. The molecule has 5 aromatic rings. The number of fused-ring (bicyclic) bond motifs is 2. The number of benzene rings is 3. The quantitative estimate of drug-likeness (QED) is 0.0509. The predicted molar refractivity (Wildman–Crippen MR) is 263 cm³/mol. The minimum absolute atomic E-state index is 0.0246. The van der Waals surface area contributed by atoms with E-state index in [1.54, 1.807) is 28.6 Å². The number of nitrogens with one attached hydrogen (secondary N) is 2. The topological polar surface area (TPSA) is 177 Å². The van der Waals surface area contributed by atoms with Crippen molar-refractivity contribution in [1.82, 2.24) is 40.2 Å². The van der Waals surface area contributed by atoms with Gasteiger partial charge in [-0.2, -0.15) is 13.2 Å². The highest BCUT2D eigenvalue weighted by molar-refractivity contribution is 6.10. The minimum atomic E-state index is -4.71. The number of rotatable bonds is 21. The van der Waals surface area contributed by atoms with Crippen molar-refractivity contribution in [2.45, 2.75) is 69.9 Å². The highest BCUT2D eigenvalue weighted by atomic mass is 19.4. The molecule has 0 spiro atoms. The predicted octanol–water partition coefficient (Wildman–Crippen LogP) is 5.85. The van der Waals surface area contributed by atoms with E-state index in [0.717, 1.165) is 69.3 Å². The third-order valence-electron chi connectivity index (χ3n) is 14.3. The van der Waals surface area contributed by atoms with Gasteiger partial charge in [-0.15, -0.1) is 10.2 Å². The molecule has 2 N–H and O–H groups in total. The number of hydrogen-bond donors (Lipinski definition) is 2. The summed E-state index contributed by atoms with van der Waals surface area (Å²) in [4.78, 5) is 63.5. The molecule has 74 heavy (non-hydrogen) atoms. The van der Waals surface area contributed by atoms with Gasteiger partial charge in [0, 0.05) is 106 Å². The van der Waals surface area contributed by atoms with Crippen LogP contribution in [0, 0.1) is 5.82 Å². The molecule has 1 aliphatic carbocycles. The summed E-state index contributed by atoms with van der Waals surface area (Å²) >= 11 is 0. The maximum Gasteiger partial charge on any atom is 0.416 e. The van der Waals surface area contributed by atoms with E-state index in [0.29, 0.717) is 98.5 Å². The van der Waals surface area contributed by atoms with E-state index in [9.17, 15) is 36.7 Å². The molecule has 5 aliphatic rings. The van der Waals surface area contributed by atoms with Crippen LogP contribution >= 0.6 is 0 Å². The van der Waals surface area contributed by atoms with Crippen LogP contribution in [0.25, 0.3) is 22.5 Å². The smallest absolute Gasteiger partial charge is 0.379 e. The Balaban J connectivity index is 0.619. The molecule has 1 saturated carbocycles. The van der Waals surface area contributed by atoms with Crippen molar-refractivity contribution in [2.24, 2.45) is 7.05 Å². The van der Waals surface area contributed by atoms with Gasteiger partial charge in [0.15, 0.2) is 5.82 Å². The first kappa shape index (κ1) is 50.9. The Hall–Kier alpha value is -6.65. The molecule has 3 fully saturated rings. The van der Waals surface area contributed by atoms with Gasteiger partial charge in [0.1, 0.15) is 24.0 Å². The Labute approximate surface area is 425 Å². The van der Waals surface area contributed by atoms with E-state index in [4.69, 9.17) is 19.2 Å². The number of piperidine rings is 1. The number of carbonyl (C=O) groups is 4. The number of carbonyl (C=O) groups excluding carboxylic acids is 4. The third-order valence-corrected chi connectivity index (χ3v) is 14.3. The van der Waals surface area contributed by atoms with Gasteiger partial charge in [-0.05, 0) is 108 Å². The zero-order chi connectivity index (χ0) is 51.5. The van der Waals surface area contributed by atoms with Crippen molar-refractivity contribution in [2.75, 3.05) is 88.7 Å². The Kier molecular flexibility index (Phi) is 15.2. The highest BCUT2D eigenvalue weighted by Gasteiger charge is 2.42. The lowest BCUT2D eigenvalue weighted by Gasteiger charge is -2.36. The average molecular weight is 1020 g/mol. The van der Waals surface area contributed by atoms with Gasteiger partial charge in [-0.3, -0.25) is 34.3 Å². The lowest BCUT2D eigenvalue weighted by Crippen LogP contribution is -2.52. The molecule has 2 saturated heterocycles. The first-order valence-corrected chi connectivity index (χ1v) is 25.2. The summed E-state index contributed by atoms with van der Waals surface area (Å²) in [7, 11) is 1.74. The number of halogens is 4. The number of piperazine rings is 1. The molecule has 1 unspecified atom stereocenters. The van der Waals surface area contributed by atoms with Gasteiger partial charge in [0.05, 0.1) is 45.1 Å². The molecule has 6 heterocycles. The van der Waals surface area contributed by atoms with Gasteiger partial charge in [0.25, 0.3) is 11.8 Å². The fourth-order valence-electron chi connectivity index (χ4n) is 10.2. The number of ether oxygens (including phenoxy) is 3. The van der Waals surface area contributed by atoms with Crippen LogP contribution in [0.4, 0.5) is 29.1 Å². The van der Waals surface area contributed by atoms with Gasteiger partial charge in [0.2, 0.25) is 11.8 Å². The van der Waals surface area contributed by atoms with Crippen LogP contribution < -0.4 is 20.4 Å². The van der Waals surface area contributed by atoms with E-state index in [1.807, 2.05) is 24.3 Å². The lowest BCUT2D eigenvalue weighted by atomic mass is 9.98. The van der Waals surface area contributed by atoms with E-state index in [-0.39, 0.29) is 54.2 Å². The maximum atomic E-state index is 14.6. The second-order valence-electron chi connectivity index (χ2n) is 19.4. The Morgan fingerprint density at radius 2 is 1.54 bits per heavy atom. The molecule has 2 aromatic heterocycles. The van der Waals surface area contributed by atoms with Crippen molar-refractivity contribution in [3.63, 3.8) is 0 Å². The van der Waals surface area contributed by atoms with E-state index >= 15 is 0 Å². The number of nitrogens with zero attached hydrogens (tertiary/aromatic N) is 8. The second-order valence-corrected chi connectivity index (χ2v) is 19.4. The number of imide groups is 1. The van der Waals surface area contributed by atoms with Crippen molar-refractivity contribution in [1.29, 1.82) is 0 Å². The van der Waals surface area contributed by atoms with Gasteiger partial charge in [-0.25, -0.2) is 9.37 Å². The molecule has 17 nitrogen and oxygen atoms in total. The van der Waals surface area contributed by atoms with E-state index < -0.39 is 35.4 Å². The zero-order valence-electron chi connectivity index (χ0n) is 41.1. The van der Waals surface area contributed by atoms with Crippen LogP contribution in [0.3, 0.4) is 0 Å². The van der Waals surface area contributed by atoms with Crippen LogP contribution in [0.15, 0.2) is 67.0 Å². The number of alkyl halides is 3. The molecule has 4 amide bonds. The standard InChI is InChI=1S/C53H58F4N10O7/c1-63-32-59-62-49(63)41-28-37(54)5-7-39(41)35-26-45(34-3-4-34)60-47(27-35)67-31-43-42(52(67)71)23-33(24-44(43)53(55,56)57)29-58-11-18-73-20-22-74-21-19-72-17-2-12-64-13-15-65(16-14-64)38-6-8-40-36(25-38)30-66(51(40)70)46-9-10-48(68)61-50(46)69/h5-8,23-28,32,34,46,58H,2-4,9-22,29-31H2,1H3,(H,61,68,69). The summed E-state index contributed by atoms with van der Waals surface area (Å²) in [5, 5.41) is 13.6. The normalized spacial score (nSPS) is 18.2. The molecular formula is C53H58F4N10O7. The van der Waals surface area contributed by atoms with Crippen LogP contribution in [0.5, 0.6) is 0 Å². The summed E-state index contributed by atoms with van der Waals surface area (Å²) in [5.41, 5.74) is 4.32. The van der Waals surface area contributed by atoms with E-state index in [1.165, 1.54) is 29.4 Å². The van der Waals surface area contributed by atoms with Crippen LogP contribution in [0.2, 0.25) is 0 Å². The first-order chi connectivity index (χ1) is 35.8. The lowest BCUT2D eigenvalue weighted by molar-refractivity contribution is -0.138. The van der Waals surface area contributed by atoms with Gasteiger partial charge >= 0.3 is 6.18 Å². The molecule has 1 atom stereocenters. The van der Waals surface area contributed by atoms with Crippen molar-refractivity contribution >= 4 is 35.1 Å². The van der Waals surface area contributed by atoms with Crippen LogP contribution in [-0.2, 0) is 56.7 Å². The second kappa shape index (κ2) is 22.1. The zero-order valence-corrected chi connectivity index (χ0v) is 41.1. The molecule has 390 valence electrons. The molecule has 10 rings (SSSR count). The summed E-state index contributed by atoms with van der Waals surface area (Å²) < 4.78 is 77.3. The molecule has 4 aliphatic heterocycles. The average Bonchev–Trinajstić information content (AvgIpc) is 3.97. The number of pyridine rings is 1. The summed E-state index contributed by atoms with van der Waals surface area (Å²) in [5.74, 6) is -1.14. The number of aryl methyl sites for hydroxylation is 1. The minimum Gasteiger partial charge on any atom is -0.379 e. The molecule has 21 heteroatoms. The number of hydrogen-bond acceptors (Lipinski definition) is 13. The maximum absolute atomic E-state index is 14.6. The van der Waals surface area contributed by atoms with Crippen molar-refractivity contribution in [3.05, 3.63) is 112 Å². The number of aromatic nitrogens is 4. The highest BCUT2D eigenvalue weighted by Crippen LogP contribution is 2.45. The van der Waals surface area contributed by atoms with E-state index in [2.05, 4.69) is 30.6 Å². The Morgan fingerprint density at radius 3 is 2.27 bits per heavy atom. The molecular weight excluding hydrogens is 965 g/mol. The number of anilines is 2. The Bertz CT molecular complexity index is 2920. The van der Waals surface area contributed by atoms with Crippen LogP contribution in [-0.4, -0.2) is 138 Å². The van der Waals surface area contributed by atoms with Crippen LogP contribution in [0.1, 0.15) is 86.7 Å². The first-order valence-electron chi connectivity index (χ1n) is 25.2. The summed E-state index contributed by atoms with van der Waals surface area (Å²) in [6.07, 6.45) is 0.0264. The van der Waals surface area contributed by atoms with Crippen molar-refractivity contribution in [3.8, 4) is 22.5 Å². The summed E-state index contributed by atoms with van der Waals surface area (Å²) in [6, 6.07) is 15.7. The monoisotopic (exact) mass is 1020 g/mol. The fourth-order valence-corrected chi connectivity index (χ4v) is 10.2. The van der Waals surface area contributed by atoms with Crippen molar-refractivity contribution < 1.29 is 51.0 Å². The summed E-state index contributed by atoms with van der Waals surface area (Å²) in [6.45, 7) is 7.36. The molecule has 3 aromatic carbocycles. The van der Waals surface area contributed by atoms with Gasteiger partial charge < -0.3 is 33.9 Å². The van der Waals surface area contributed by atoms with Gasteiger partial charge in [-0.1, -0.05) is 6.07 Å². The number of amides is 4. The molecule has 0 bridgehead atoms.